The minimum absolute atomic E-state index is 0.0729. The first-order valence-corrected chi connectivity index (χ1v) is 11.0. The molecule has 0 spiro atoms. The number of allylic oxidation sites excluding steroid dienone is 4. The maximum atomic E-state index is 2.91. The van der Waals surface area contributed by atoms with Crippen LogP contribution in [0.1, 0.15) is 27.7 Å². The summed E-state index contributed by atoms with van der Waals surface area (Å²) in [4.78, 5) is 0. The van der Waals surface area contributed by atoms with Gasteiger partial charge in [-0.1, -0.05) is 35.6 Å². The van der Waals surface area contributed by atoms with E-state index in [4.69, 9.17) is 0 Å². The Morgan fingerprint density at radius 2 is 1.36 bits per heavy atom. The summed E-state index contributed by atoms with van der Waals surface area (Å²) < 4.78 is 2.91. The van der Waals surface area contributed by atoms with E-state index in [1.54, 1.807) is 10.4 Å². The van der Waals surface area contributed by atoms with Gasteiger partial charge in [0.15, 0.2) is 0 Å². The average molecular weight is 244 g/mol. The molecule has 0 aliphatic rings. The Bertz CT molecular complexity index is 201. The Morgan fingerprint density at radius 3 is 1.57 bits per heavy atom. The van der Waals surface area contributed by atoms with E-state index in [-0.39, 0.29) is 19.4 Å². The Morgan fingerprint density at radius 1 is 1.00 bits per heavy atom. The highest BCUT2D eigenvalue weighted by Crippen LogP contribution is 2.01. The molecular weight excluding hydrogens is 218 g/mol. The molecule has 0 aliphatic carbocycles. The monoisotopic (exact) mass is 243 g/mol. The van der Waals surface area contributed by atoms with E-state index in [0.717, 1.165) is 0 Å². The maximum absolute atomic E-state index is 2.91. The molecule has 0 amide bonds. The maximum Gasteiger partial charge on any atom is 0.108 e. The quantitative estimate of drug-likeness (QED) is 0.658. The van der Waals surface area contributed by atoms with Gasteiger partial charge in [-0.05, 0) is 27.7 Å². The summed E-state index contributed by atoms with van der Waals surface area (Å²) in [6.45, 7) is 13.9. The van der Waals surface area contributed by atoms with Crippen LogP contribution in [0, 0.1) is 0 Å². The number of hydrogen-bond acceptors (Lipinski definition) is 1. The van der Waals surface area contributed by atoms with Gasteiger partial charge in [-0.15, -0.1) is 0 Å². The number of nitrogens with zero attached hydrogens (tertiary/aromatic N) is 1. The van der Waals surface area contributed by atoms with Crippen LogP contribution in [0.25, 0.3) is 0 Å². The Hall–Kier alpha value is 0.0906. The summed E-state index contributed by atoms with van der Waals surface area (Å²) in [6, 6.07) is 0. The van der Waals surface area contributed by atoms with Crippen molar-refractivity contribution in [1.82, 2.24) is 3.90 Å². The summed E-state index contributed by atoms with van der Waals surface area (Å²) in [5.41, 5.74) is 0. The molecule has 0 atom stereocenters. The minimum atomic E-state index is -0.550. The second kappa shape index (κ2) is 7.39. The van der Waals surface area contributed by atoms with Crippen LogP contribution in [0.3, 0.4) is 0 Å². The third-order valence-electron chi connectivity index (χ3n) is 2.62. The summed E-state index contributed by atoms with van der Waals surface area (Å²) in [5, 5.41) is 3.31. The highest BCUT2D eigenvalue weighted by atomic mass is 28.4. The van der Waals surface area contributed by atoms with Gasteiger partial charge in [0, 0.05) is 0 Å². The zero-order valence-corrected chi connectivity index (χ0v) is 14.6. The number of rotatable bonds is 5. The van der Waals surface area contributed by atoms with Gasteiger partial charge >= 0.3 is 0 Å². The molecule has 0 saturated carbocycles. The van der Waals surface area contributed by atoms with E-state index in [2.05, 4.69) is 56.8 Å². The van der Waals surface area contributed by atoms with Crippen LogP contribution in [0.2, 0.25) is 13.1 Å². The Kier molecular flexibility index (Phi) is 7.44. The van der Waals surface area contributed by atoms with Crippen LogP contribution in [0.5, 0.6) is 0 Å². The smallest absolute Gasteiger partial charge is 0.108 e. The fourth-order valence-corrected chi connectivity index (χ4v) is 10.1. The molecule has 0 unspecified atom stereocenters. The van der Waals surface area contributed by atoms with E-state index in [1.165, 1.54) is 0 Å². The molecule has 0 aliphatic heterocycles. The second-order valence-electron chi connectivity index (χ2n) is 4.27. The molecule has 0 radical (unpaired) electrons. The van der Waals surface area contributed by atoms with Gasteiger partial charge in [0.05, 0.1) is 8.96 Å². The lowest BCUT2D eigenvalue weighted by atomic mass is 10.6. The lowest BCUT2D eigenvalue weighted by molar-refractivity contribution is 1.06. The van der Waals surface area contributed by atoms with Crippen molar-refractivity contribution in [3.8, 4) is 0 Å². The van der Waals surface area contributed by atoms with Crippen LogP contribution in [-0.4, -0.2) is 32.2 Å². The molecule has 0 rings (SSSR count). The average Bonchev–Trinajstić information content (AvgIpc) is 2.16. The molecule has 14 heavy (non-hydrogen) atoms. The Labute approximate surface area is 95.8 Å². The first-order chi connectivity index (χ1) is 6.51. The van der Waals surface area contributed by atoms with E-state index >= 15 is 0 Å². The molecule has 0 bridgehead atoms. The van der Waals surface area contributed by atoms with Crippen LogP contribution < -0.4 is 0 Å². The number of hydrogen-bond donors (Lipinski definition) is 0. The van der Waals surface area contributed by atoms with Gasteiger partial charge in [0.2, 0.25) is 0 Å². The van der Waals surface area contributed by atoms with Crippen LogP contribution >= 0.6 is 0 Å². The van der Waals surface area contributed by atoms with E-state index in [0.29, 0.717) is 0 Å². The second-order valence-corrected chi connectivity index (χ2v) is 14.0. The fraction of sp³-hybridized carbons (Fsp3) is 0.600. The Balaban J connectivity index is 4.31. The van der Waals surface area contributed by atoms with Crippen LogP contribution in [0.15, 0.2) is 22.5 Å². The first-order valence-electron chi connectivity index (χ1n) is 5.48. The SMILES string of the molecule is CC=C(C)[SiH2]N([SiH2]C(C)=CC)[SiH](C)C. The molecule has 0 saturated heterocycles. The van der Waals surface area contributed by atoms with Gasteiger partial charge in [-0.3, -0.25) is 0 Å². The standard InChI is InChI=1S/C10H25NSi3/c1-7-9(3)12-11(14(5)6)13-10(4)8-2/h7-8,14H,12-13H2,1-6H3. The van der Waals surface area contributed by atoms with Crippen LogP contribution in [-0.2, 0) is 0 Å². The fourth-order valence-electron chi connectivity index (χ4n) is 1.24. The van der Waals surface area contributed by atoms with Gasteiger partial charge < -0.3 is 3.90 Å². The van der Waals surface area contributed by atoms with Crippen LogP contribution in [0.4, 0.5) is 0 Å². The molecular formula is C10H25NSi3. The molecule has 0 heterocycles. The van der Waals surface area contributed by atoms with Crippen molar-refractivity contribution in [3.63, 3.8) is 0 Å². The van der Waals surface area contributed by atoms with Crippen molar-refractivity contribution in [1.29, 1.82) is 0 Å². The molecule has 0 aromatic rings. The molecule has 82 valence electrons. The van der Waals surface area contributed by atoms with E-state index < -0.39 is 8.96 Å². The van der Waals surface area contributed by atoms with Crippen molar-refractivity contribution in [2.24, 2.45) is 0 Å². The summed E-state index contributed by atoms with van der Waals surface area (Å²) in [5.74, 6) is 0. The summed E-state index contributed by atoms with van der Waals surface area (Å²) >= 11 is 0. The zero-order valence-electron chi connectivity index (χ0n) is 10.6. The zero-order chi connectivity index (χ0) is 11.1. The molecule has 0 aromatic heterocycles. The highest BCUT2D eigenvalue weighted by Gasteiger charge is 2.11. The molecule has 0 aromatic carbocycles. The molecule has 0 fully saturated rings. The predicted molar refractivity (Wildman–Crippen MR) is 76.7 cm³/mol. The van der Waals surface area contributed by atoms with E-state index in [1.807, 2.05) is 0 Å². The normalized spacial score (nSPS) is 16.0. The molecule has 4 heteroatoms. The largest absolute Gasteiger partial charge is 0.374 e. The molecule has 0 N–H and O–H groups in total. The first kappa shape index (κ1) is 14.1. The minimum Gasteiger partial charge on any atom is -0.374 e. The van der Waals surface area contributed by atoms with Crippen molar-refractivity contribution in [2.75, 3.05) is 0 Å². The highest BCUT2D eigenvalue weighted by molar-refractivity contribution is 6.77. The van der Waals surface area contributed by atoms with Crippen molar-refractivity contribution < 1.29 is 0 Å². The van der Waals surface area contributed by atoms with Gasteiger partial charge in [-0.25, -0.2) is 0 Å². The van der Waals surface area contributed by atoms with Gasteiger partial charge in [-0.2, -0.15) is 0 Å². The van der Waals surface area contributed by atoms with Gasteiger partial charge in [0.25, 0.3) is 0 Å². The van der Waals surface area contributed by atoms with Gasteiger partial charge in [0.1, 0.15) is 19.4 Å². The summed E-state index contributed by atoms with van der Waals surface area (Å²) in [7, 11) is -0.696. The third kappa shape index (κ3) is 5.74. The lowest BCUT2D eigenvalue weighted by Crippen LogP contribution is -2.41. The lowest BCUT2D eigenvalue weighted by Gasteiger charge is -2.26. The van der Waals surface area contributed by atoms with E-state index in [9.17, 15) is 0 Å². The van der Waals surface area contributed by atoms with Crippen molar-refractivity contribution in [3.05, 3.63) is 22.5 Å². The summed E-state index contributed by atoms with van der Waals surface area (Å²) in [6.07, 6.45) is 4.60. The molecule has 1 nitrogen and oxygen atoms in total. The third-order valence-corrected chi connectivity index (χ3v) is 13.5. The topological polar surface area (TPSA) is 3.24 Å². The van der Waals surface area contributed by atoms with Crippen molar-refractivity contribution in [2.45, 2.75) is 40.8 Å². The predicted octanol–water partition coefficient (Wildman–Crippen LogP) is 1.29. The van der Waals surface area contributed by atoms with Crippen molar-refractivity contribution >= 4 is 28.3 Å².